The van der Waals surface area contributed by atoms with Crippen molar-refractivity contribution in [2.45, 2.75) is 6.92 Å². The Hall–Kier alpha value is -1.68. The van der Waals surface area contributed by atoms with Crippen LogP contribution in [0.3, 0.4) is 0 Å². The summed E-state index contributed by atoms with van der Waals surface area (Å²) in [5, 5.41) is 3.33. The van der Waals surface area contributed by atoms with Crippen molar-refractivity contribution in [3.05, 3.63) is 52.5 Å². The molecule has 2 rings (SSSR count). The van der Waals surface area contributed by atoms with Gasteiger partial charge in [-0.2, -0.15) is 0 Å². The number of hydrogen-bond donors (Lipinski definition) is 1. The Morgan fingerprint density at radius 1 is 1.05 bits per heavy atom. The van der Waals surface area contributed by atoms with Crippen LogP contribution in [-0.2, 0) is 0 Å². The van der Waals surface area contributed by atoms with Gasteiger partial charge in [0.05, 0.1) is 7.11 Å². The molecule has 0 radical (unpaired) electrons. The van der Waals surface area contributed by atoms with E-state index in [0.29, 0.717) is 6.61 Å². The minimum Gasteiger partial charge on any atom is -0.497 e. The highest BCUT2D eigenvalue weighted by molar-refractivity contribution is 9.10. The van der Waals surface area contributed by atoms with Crippen molar-refractivity contribution >= 4 is 21.6 Å². The molecule has 3 nitrogen and oxygen atoms in total. The number of aryl methyl sites for hydroxylation is 1. The van der Waals surface area contributed by atoms with Crippen molar-refractivity contribution in [3.63, 3.8) is 0 Å². The lowest BCUT2D eigenvalue weighted by Crippen LogP contribution is -2.11. The maximum atomic E-state index is 5.65. The lowest BCUT2D eigenvalue weighted by molar-refractivity contribution is 0.332. The molecule has 0 aliphatic heterocycles. The molecule has 1 N–H and O–H groups in total. The fourth-order valence-electron chi connectivity index (χ4n) is 1.74. The largest absolute Gasteiger partial charge is 0.497 e. The maximum Gasteiger partial charge on any atom is 0.119 e. The van der Waals surface area contributed by atoms with Gasteiger partial charge in [0.15, 0.2) is 0 Å². The van der Waals surface area contributed by atoms with Crippen molar-refractivity contribution < 1.29 is 9.47 Å². The van der Waals surface area contributed by atoms with Crippen LogP contribution in [0.1, 0.15) is 5.56 Å². The summed E-state index contributed by atoms with van der Waals surface area (Å²) < 4.78 is 11.9. The molecule has 2 aromatic rings. The molecule has 0 amide bonds. The van der Waals surface area contributed by atoms with E-state index in [1.54, 1.807) is 7.11 Å². The third-order valence-corrected chi connectivity index (χ3v) is 3.79. The number of rotatable bonds is 6. The molecular weight excluding hydrogens is 318 g/mol. The second kappa shape index (κ2) is 7.20. The number of anilines is 1. The molecule has 4 heteroatoms. The van der Waals surface area contributed by atoms with Crippen molar-refractivity contribution in [1.82, 2.24) is 0 Å². The van der Waals surface area contributed by atoms with Crippen LogP contribution in [0, 0.1) is 6.92 Å². The average molecular weight is 336 g/mol. The van der Waals surface area contributed by atoms with E-state index < -0.39 is 0 Å². The van der Waals surface area contributed by atoms with Crippen LogP contribution in [0.5, 0.6) is 11.5 Å². The van der Waals surface area contributed by atoms with Crippen LogP contribution in [0.4, 0.5) is 5.69 Å². The Bertz CT molecular complexity index is 555. The molecule has 0 bridgehead atoms. The van der Waals surface area contributed by atoms with E-state index in [9.17, 15) is 0 Å². The van der Waals surface area contributed by atoms with E-state index in [2.05, 4.69) is 46.4 Å². The summed E-state index contributed by atoms with van der Waals surface area (Å²) in [7, 11) is 1.65. The van der Waals surface area contributed by atoms with Gasteiger partial charge < -0.3 is 14.8 Å². The SMILES string of the molecule is COc1ccc(OCCNc2ccc(C)c(Br)c2)cc1. The molecule has 0 heterocycles. The van der Waals surface area contributed by atoms with E-state index >= 15 is 0 Å². The van der Waals surface area contributed by atoms with Gasteiger partial charge in [-0.3, -0.25) is 0 Å². The topological polar surface area (TPSA) is 30.5 Å². The van der Waals surface area contributed by atoms with Crippen LogP contribution < -0.4 is 14.8 Å². The fourth-order valence-corrected chi connectivity index (χ4v) is 2.12. The van der Waals surface area contributed by atoms with Gasteiger partial charge in [-0.25, -0.2) is 0 Å². The Kier molecular flexibility index (Phi) is 5.30. The number of benzene rings is 2. The van der Waals surface area contributed by atoms with E-state index in [-0.39, 0.29) is 0 Å². The van der Waals surface area contributed by atoms with E-state index in [1.807, 2.05) is 24.3 Å². The van der Waals surface area contributed by atoms with Gasteiger partial charge in [0.1, 0.15) is 18.1 Å². The molecule has 106 valence electrons. The van der Waals surface area contributed by atoms with Crippen LogP contribution in [0.15, 0.2) is 46.9 Å². The van der Waals surface area contributed by atoms with Crippen LogP contribution in [-0.4, -0.2) is 20.3 Å². The first kappa shape index (κ1) is 14.7. The maximum absolute atomic E-state index is 5.65. The zero-order valence-corrected chi connectivity index (χ0v) is 13.2. The Balaban J connectivity index is 1.76. The summed E-state index contributed by atoms with van der Waals surface area (Å²) in [4.78, 5) is 0. The third-order valence-electron chi connectivity index (χ3n) is 2.93. The van der Waals surface area contributed by atoms with Crippen molar-refractivity contribution in [2.24, 2.45) is 0 Å². The molecule has 0 spiro atoms. The van der Waals surface area contributed by atoms with Gasteiger partial charge in [0.2, 0.25) is 0 Å². The number of hydrogen-bond acceptors (Lipinski definition) is 3. The van der Waals surface area contributed by atoms with Crippen LogP contribution in [0.25, 0.3) is 0 Å². The minimum atomic E-state index is 0.609. The Morgan fingerprint density at radius 3 is 2.40 bits per heavy atom. The van der Waals surface area contributed by atoms with Gasteiger partial charge in [0.25, 0.3) is 0 Å². The first-order valence-electron chi connectivity index (χ1n) is 6.46. The number of halogens is 1. The molecular formula is C16H18BrNO2. The predicted molar refractivity (Wildman–Crippen MR) is 85.9 cm³/mol. The summed E-state index contributed by atoms with van der Waals surface area (Å²) in [5.41, 5.74) is 2.31. The monoisotopic (exact) mass is 335 g/mol. The molecule has 0 aliphatic carbocycles. The highest BCUT2D eigenvalue weighted by atomic mass is 79.9. The van der Waals surface area contributed by atoms with Gasteiger partial charge in [-0.05, 0) is 48.9 Å². The number of methoxy groups -OCH3 is 1. The Morgan fingerprint density at radius 2 is 1.75 bits per heavy atom. The second-order valence-corrected chi connectivity index (χ2v) is 5.27. The minimum absolute atomic E-state index is 0.609. The molecule has 0 saturated carbocycles. The van der Waals surface area contributed by atoms with E-state index in [1.165, 1.54) is 5.56 Å². The fraction of sp³-hybridized carbons (Fsp3) is 0.250. The highest BCUT2D eigenvalue weighted by Crippen LogP contribution is 2.20. The zero-order chi connectivity index (χ0) is 14.4. The van der Waals surface area contributed by atoms with Gasteiger partial charge in [-0.15, -0.1) is 0 Å². The molecule has 0 fully saturated rings. The zero-order valence-electron chi connectivity index (χ0n) is 11.7. The van der Waals surface area contributed by atoms with Crippen LogP contribution >= 0.6 is 15.9 Å². The van der Waals surface area contributed by atoms with Gasteiger partial charge in [0, 0.05) is 16.7 Å². The van der Waals surface area contributed by atoms with E-state index in [0.717, 1.165) is 28.2 Å². The van der Waals surface area contributed by atoms with Crippen molar-refractivity contribution in [1.29, 1.82) is 0 Å². The summed E-state index contributed by atoms with van der Waals surface area (Å²) >= 11 is 3.52. The number of nitrogens with one attached hydrogen (secondary N) is 1. The molecule has 0 atom stereocenters. The summed E-state index contributed by atoms with van der Waals surface area (Å²) in [5.74, 6) is 1.68. The second-order valence-electron chi connectivity index (χ2n) is 4.41. The van der Waals surface area contributed by atoms with Crippen molar-refractivity contribution in [3.8, 4) is 11.5 Å². The summed E-state index contributed by atoms with van der Waals surface area (Å²) in [6, 6.07) is 13.8. The van der Waals surface area contributed by atoms with Crippen molar-refractivity contribution in [2.75, 3.05) is 25.6 Å². The van der Waals surface area contributed by atoms with Gasteiger partial charge in [-0.1, -0.05) is 22.0 Å². The van der Waals surface area contributed by atoms with E-state index in [4.69, 9.17) is 9.47 Å². The molecule has 2 aromatic carbocycles. The third kappa shape index (κ3) is 4.17. The quantitative estimate of drug-likeness (QED) is 0.800. The summed E-state index contributed by atoms with van der Waals surface area (Å²) in [6.07, 6.45) is 0. The highest BCUT2D eigenvalue weighted by Gasteiger charge is 1.98. The molecule has 0 saturated heterocycles. The molecule has 0 aliphatic rings. The molecule has 20 heavy (non-hydrogen) atoms. The standard InChI is InChI=1S/C16H18BrNO2/c1-12-3-4-13(11-16(12)17)18-9-10-20-15-7-5-14(19-2)6-8-15/h3-8,11,18H,9-10H2,1-2H3. The molecule has 0 unspecified atom stereocenters. The predicted octanol–water partition coefficient (Wildman–Crippen LogP) is 4.26. The Labute approximate surface area is 128 Å². The van der Waals surface area contributed by atoms with Gasteiger partial charge >= 0.3 is 0 Å². The van der Waals surface area contributed by atoms with Crippen LogP contribution in [0.2, 0.25) is 0 Å². The lowest BCUT2D eigenvalue weighted by atomic mass is 10.2. The smallest absolute Gasteiger partial charge is 0.119 e. The first-order chi connectivity index (χ1) is 9.69. The first-order valence-corrected chi connectivity index (χ1v) is 7.25. The summed E-state index contributed by atoms with van der Waals surface area (Å²) in [6.45, 7) is 3.43. The number of ether oxygens (including phenoxy) is 2. The lowest BCUT2D eigenvalue weighted by Gasteiger charge is -2.10. The molecule has 0 aromatic heterocycles. The average Bonchev–Trinajstić information content (AvgIpc) is 2.48. The normalized spacial score (nSPS) is 10.2.